The number of amides is 1. The number of carbonyl (C=O) groups excluding carboxylic acids is 2. The summed E-state index contributed by atoms with van der Waals surface area (Å²) in [4.78, 5) is 27.0. The number of hydrogen-bond donors (Lipinski definition) is 1. The molecule has 2 fully saturated rings. The summed E-state index contributed by atoms with van der Waals surface area (Å²) in [6.45, 7) is 11.6. The number of benzene rings is 3. The fourth-order valence-corrected chi connectivity index (χ4v) is 6.38. The van der Waals surface area contributed by atoms with Gasteiger partial charge in [-0.1, -0.05) is 36.4 Å². The van der Waals surface area contributed by atoms with E-state index in [1.54, 1.807) is 0 Å². The van der Waals surface area contributed by atoms with Gasteiger partial charge in [0.1, 0.15) is 18.0 Å². The highest BCUT2D eigenvalue weighted by atomic mass is 16.6. The van der Waals surface area contributed by atoms with Crippen molar-refractivity contribution in [2.45, 2.75) is 78.0 Å². The number of para-hydroxylation sites is 1. The molecule has 1 atom stereocenters. The van der Waals surface area contributed by atoms with Crippen LogP contribution in [-0.4, -0.2) is 51.1 Å². The van der Waals surface area contributed by atoms with Gasteiger partial charge in [0.05, 0.1) is 19.6 Å². The number of nitrogens with zero attached hydrogens (tertiary/aromatic N) is 1. The largest absolute Gasteiger partial charge is 0.489 e. The van der Waals surface area contributed by atoms with Crippen LogP contribution in [0.3, 0.4) is 0 Å². The van der Waals surface area contributed by atoms with E-state index in [0.717, 1.165) is 79.8 Å². The van der Waals surface area contributed by atoms with Gasteiger partial charge in [-0.2, -0.15) is 0 Å². The molecule has 1 spiro atoms. The zero-order chi connectivity index (χ0) is 32.7. The van der Waals surface area contributed by atoms with E-state index >= 15 is 0 Å². The van der Waals surface area contributed by atoms with E-state index in [1.165, 1.54) is 12.8 Å². The van der Waals surface area contributed by atoms with E-state index in [0.29, 0.717) is 17.8 Å². The van der Waals surface area contributed by atoms with Crippen molar-refractivity contribution < 1.29 is 28.5 Å². The molecule has 246 valence electrons. The smallest absolute Gasteiger partial charge is 0.408 e. The maximum absolute atomic E-state index is 12.5. The van der Waals surface area contributed by atoms with Crippen molar-refractivity contribution in [1.82, 2.24) is 5.32 Å². The fourth-order valence-electron chi connectivity index (χ4n) is 6.38. The summed E-state index contributed by atoms with van der Waals surface area (Å²) in [5, 5.41) is 2.96. The molecule has 0 aliphatic carbocycles. The molecule has 2 aliphatic heterocycles. The number of nitrogens with one attached hydrogen (secondary N) is 1. The molecule has 8 nitrogen and oxygen atoms in total. The van der Waals surface area contributed by atoms with Gasteiger partial charge in [0.25, 0.3) is 0 Å². The summed E-state index contributed by atoms with van der Waals surface area (Å²) in [5.74, 6) is 0.367. The van der Waals surface area contributed by atoms with Crippen LogP contribution in [-0.2, 0) is 32.0 Å². The Hall–Kier alpha value is -4.04. The Bertz CT molecular complexity index is 1500. The number of carbonyl (C=O) groups is 2. The summed E-state index contributed by atoms with van der Waals surface area (Å²) in [6, 6.07) is 22.3. The molecule has 0 aromatic heterocycles. The predicted molar refractivity (Wildman–Crippen MR) is 180 cm³/mol. The Morgan fingerprint density at radius 3 is 2.39 bits per heavy atom. The van der Waals surface area contributed by atoms with Crippen molar-refractivity contribution in [3.8, 4) is 16.9 Å². The quantitative estimate of drug-likeness (QED) is 0.244. The van der Waals surface area contributed by atoms with Crippen molar-refractivity contribution in [3.05, 3.63) is 83.4 Å². The SMILES string of the molecule is COC(=O)Cc1ccccc1OCc1cc(-c2cccc(C(C)NC(=O)OC(C)(C)C)c2)cc(N2CCC3(CCOCC3)CC2)c1. The van der Waals surface area contributed by atoms with E-state index in [1.807, 2.05) is 64.1 Å². The minimum Gasteiger partial charge on any atom is -0.489 e. The van der Waals surface area contributed by atoms with Crippen LogP contribution in [0.15, 0.2) is 66.7 Å². The number of esters is 1. The molecule has 0 radical (unpaired) electrons. The molecule has 1 amide bonds. The van der Waals surface area contributed by atoms with Crippen LogP contribution >= 0.6 is 0 Å². The summed E-state index contributed by atoms with van der Waals surface area (Å²) in [6.07, 6.45) is 4.33. The van der Waals surface area contributed by atoms with Gasteiger partial charge in [-0.25, -0.2) is 4.79 Å². The molecule has 46 heavy (non-hydrogen) atoms. The number of rotatable bonds is 9. The second-order valence-corrected chi connectivity index (χ2v) is 13.6. The molecule has 0 saturated carbocycles. The highest BCUT2D eigenvalue weighted by molar-refractivity contribution is 5.74. The Kier molecular flexibility index (Phi) is 10.6. The van der Waals surface area contributed by atoms with E-state index in [9.17, 15) is 9.59 Å². The first kappa shape index (κ1) is 33.3. The highest BCUT2D eigenvalue weighted by Crippen LogP contribution is 2.42. The van der Waals surface area contributed by atoms with E-state index < -0.39 is 11.7 Å². The molecule has 2 heterocycles. The molecular formula is C38H48N2O6. The first-order valence-corrected chi connectivity index (χ1v) is 16.4. The van der Waals surface area contributed by atoms with Gasteiger partial charge in [0.15, 0.2) is 0 Å². The van der Waals surface area contributed by atoms with Gasteiger partial charge in [-0.15, -0.1) is 0 Å². The molecule has 2 aliphatic rings. The zero-order valence-electron chi connectivity index (χ0n) is 27.9. The molecule has 5 rings (SSSR count). The third-order valence-corrected chi connectivity index (χ3v) is 9.10. The van der Waals surface area contributed by atoms with Gasteiger partial charge in [0, 0.05) is 37.6 Å². The van der Waals surface area contributed by atoms with Gasteiger partial charge in [-0.05, 0) is 111 Å². The third-order valence-electron chi connectivity index (χ3n) is 9.10. The van der Waals surface area contributed by atoms with Crippen molar-refractivity contribution in [1.29, 1.82) is 0 Å². The monoisotopic (exact) mass is 628 g/mol. The average Bonchev–Trinajstić information content (AvgIpc) is 3.04. The van der Waals surface area contributed by atoms with Gasteiger partial charge in [-0.3, -0.25) is 4.79 Å². The zero-order valence-corrected chi connectivity index (χ0v) is 27.9. The Labute approximate surface area is 273 Å². The minimum atomic E-state index is -0.566. The first-order valence-electron chi connectivity index (χ1n) is 16.4. The Balaban J connectivity index is 1.40. The lowest BCUT2D eigenvalue weighted by Crippen LogP contribution is -2.43. The lowest BCUT2D eigenvalue weighted by Gasteiger charge is -2.45. The highest BCUT2D eigenvalue weighted by Gasteiger charge is 2.36. The number of alkyl carbamates (subject to hydrolysis) is 1. The van der Waals surface area contributed by atoms with Crippen molar-refractivity contribution >= 4 is 17.7 Å². The number of methoxy groups -OCH3 is 1. The van der Waals surface area contributed by atoms with E-state index in [-0.39, 0.29) is 18.4 Å². The van der Waals surface area contributed by atoms with Gasteiger partial charge in [0.2, 0.25) is 0 Å². The minimum absolute atomic E-state index is 0.154. The first-order chi connectivity index (χ1) is 22.0. The Morgan fingerprint density at radius 2 is 1.67 bits per heavy atom. The van der Waals surface area contributed by atoms with Crippen LogP contribution in [0.5, 0.6) is 5.75 Å². The molecule has 1 N–H and O–H groups in total. The van der Waals surface area contributed by atoms with Gasteiger partial charge >= 0.3 is 12.1 Å². The number of piperidine rings is 1. The van der Waals surface area contributed by atoms with E-state index in [4.69, 9.17) is 18.9 Å². The molecule has 1 unspecified atom stereocenters. The molecule has 3 aromatic carbocycles. The maximum Gasteiger partial charge on any atom is 0.408 e. The summed E-state index contributed by atoms with van der Waals surface area (Å²) in [5.41, 5.74) is 5.96. The van der Waals surface area contributed by atoms with Crippen LogP contribution in [0.4, 0.5) is 10.5 Å². The number of anilines is 1. The average molecular weight is 629 g/mol. The summed E-state index contributed by atoms with van der Waals surface area (Å²) in [7, 11) is 1.40. The summed E-state index contributed by atoms with van der Waals surface area (Å²) < 4.78 is 22.4. The second-order valence-electron chi connectivity index (χ2n) is 13.6. The number of hydrogen-bond acceptors (Lipinski definition) is 7. The van der Waals surface area contributed by atoms with Crippen LogP contribution in [0, 0.1) is 5.41 Å². The number of ether oxygens (including phenoxy) is 4. The molecule has 8 heteroatoms. The van der Waals surface area contributed by atoms with Crippen LogP contribution in [0.2, 0.25) is 0 Å². The normalized spacial score (nSPS) is 16.8. The van der Waals surface area contributed by atoms with Gasteiger partial charge < -0.3 is 29.2 Å². The third kappa shape index (κ3) is 8.81. The van der Waals surface area contributed by atoms with Crippen LogP contribution < -0.4 is 15.0 Å². The van der Waals surface area contributed by atoms with Crippen LogP contribution in [0.1, 0.15) is 76.1 Å². The summed E-state index contributed by atoms with van der Waals surface area (Å²) >= 11 is 0. The van der Waals surface area contributed by atoms with E-state index in [2.05, 4.69) is 40.5 Å². The molecule has 0 bridgehead atoms. The van der Waals surface area contributed by atoms with Crippen molar-refractivity contribution in [2.75, 3.05) is 38.3 Å². The fraction of sp³-hybridized carbons (Fsp3) is 0.474. The molecule has 2 saturated heterocycles. The predicted octanol–water partition coefficient (Wildman–Crippen LogP) is 7.63. The topological polar surface area (TPSA) is 86.3 Å². The second kappa shape index (κ2) is 14.6. The molecular weight excluding hydrogens is 580 g/mol. The standard InChI is InChI=1S/C38H48N2O6/c1-27(39-36(42)46-37(2,3)4)29-10-8-11-30(23-29)32-21-28(26-45-34-12-7-6-9-31(34)25-35(41)43-5)22-33(24-32)40-17-13-38(14-18-40)15-19-44-20-16-38/h6-12,21-24,27H,13-20,25-26H2,1-5H3,(H,39,42). The molecule has 3 aromatic rings. The lowest BCUT2D eigenvalue weighted by molar-refractivity contribution is -0.139. The Morgan fingerprint density at radius 1 is 0.935 bits per heavy atom. The van der Waals surface area contributed by atoms with Crippen LogP contribution in [0.25, 0.3) is 11.1 Å². The van der Waals surface area contributed by atoms with Crippen molar-refractivity contribution in [3.63, 3.8) is 0 Å². The lowest BCUT2D eigenvalue weighted by atomic mass is 9.72. The maximum atomic E-state index is 12.5. The van der Waals surface area contributed by atoms with Crippen molar-refractivity contribution in [2.24, 2.45) is 5.41 Å².